The Kier molecular flexibility index (Phi) is 5.64. The van der Waals surface area contributed by atoms with E-state index in [1.54, 1.807) is 32.0 Å². The highest BCUT2D eigenvalue weighted by atomic mass is 32.2. The molecule has 0 spiro atoms. The quantitative estimate of drug-likeness (QED) is 0.806. The molecule has 2 aromatic carbocycles. The third-order valence-corrected chi connectivity index (χ3v) is 7.04. The normalized spacial score (nSPS) is 12.2. The maximum atomic E-state index is 12.8. The molecule has 0 aliphatic carbocycles. The number of ether oxygens (including phenoxy) is 1. The summed E-state index contributed by atoms with van der Waals surface area (Å²) >= 11 is 0. The molecule has 26 heavy (non-hydrogen) atoms. The van der Waals surface area contributed by atoms with E-state index in [1.165, 1.54) is 39.4 Å². The largest absolute Gasteiger partial charge is 0.495 e. The summed E-state index contributed by atoms with van der Waals surface area (Å²) in [6.45, 7) is 3.46. The minimum absolute atomic E-state index is 0.00186. The minimum atomic E-state index is -3.97. The first-order valence-electron chi connectivity index (χ1n) is 7.69. The van der Waals surface area contributed by atoms with Gasteiger partial charge in [-0.05, 0) is 49.2 Å². The molecule has 7 nitrogen and oxygen atoms in total. The van der Waals surface area contributed by atoms with Crippen molar-refractivity contribution in [2.24, 2.45) is 0 Å². The fourth-order valence-electron chi connectivity index (χ4n) is 2.28. The van der Waals surface area contributed by atoms with E-state index in [-0.39, 0.29) is 21.2 Å². The summed E-state index contributed by atoms with van der Waals surface area (Å²) < 4.78 is 58.9. The van der Waals surface area contributed by atoms with Crippen LogP contribution in [-0.2, 0) is 20.0 Å². The summed E-state index contributed by atoms with van der Waals surface area (Å²) in [5.41, 5.74) is 1.54. The van der Waals surface area contributed by atoms with E-state index in [2.05, 4.69) is 4.72 Å². The van der Waals surface area contributed by atoms with Crippen molar-refractivity contribution in [2.75, 3.05) is 25.9 Å². The molecular formula is C17H22N2O5S2. The molecule has 0 saturated heterocycles. The van der Waals surface area contributed by atoms with Crippen LogP contribution < -0.4 is 9.46 Å². The van der Waals surface area contributed by atoms with Crippen LogP contribution in [0.2, 0.25) is 0 Å². The molecule has 2 aromatic rings. The fourth-order valence-corrected chi connectivity index (χ4v) is 4.58. The van der Waals surface area contributed by atoms with Crippen LogP contribution in [0.25, 0.3) is 0 Å². The summed E-state index contributed by atoms with van der Waals surface area (Å²) in [5.74, 6) is 0.206. The fraction of sp³-hybridized carbons (Fsp3) is 0.294. The second kappa shape index (κ2) is 7.26. The zero-order chi connectivity index (χ0) is 19.7. The Morgan fingerprint density at radius 2 is 1.62 bits per heavy atom. The van der Waals surface area contributed by atoms with E-state index >= 15 is 0 Å². The van der Waals surface area contributed by atoms with Crippen LogP contribution in [0, 0.1) is 13.8 Å². The second-order valence-electron chi connectivity index (χ2n) is 6.02. The van der Waals surface area contributed by atoms with Crippen molar-refractivity contribution in [2.45, 2.75) is 23.6 Å². The zero-order valence-corrected chi connectivity index (χ0v) is 16.9. The standard InChI is InChI=1S/C17H22N2O5S2/c1-12-6-9-16(24-5)17(10-12)25(20,21)18-15-11-14(8-7-13(15)2)26(22,23)19(3)4/h6-11,18H,1-5H3. The average molecular weight is 399 g/mol. The lowest BCUT2D eigenvalue weighted by Gasteiger charge is -2.16. The van der Waals surface area contributed by atoms with E-state index in [9.17, 15) is 16.8 Å². The highest BCUT2D eigenvalue weighted by Gasteiger charge is 2.23. The van der Waals surface area contributed by atoms with Crippen molar-refractivity contribution in [3.05, 3.63) is 47.5 Å². The molecule has 0 saturated carbocycles. The molecule has 0 radical (unpaired) electrons. The molecule has 0 aliphatic rings. The summed E-state index contributed by atoms with van der Waals surface area (Å²) in [6, 6.07) is 9.12. The van der Waals surface area contributed by atoms with E-state index in [4.69, 9.17) is 4.74 Å². The van der Waals surface area contributed by atoms with Crippen molar-refractivity contribution in [1.82, 2.24) is 4.31 Å². The number of nitrogens with zero attached hydrogens (tertiary/aromatic N) is 1. The Balaban J connectivity index is 2.53. The van der Waals surface area contributed by atoms with Gasteiger partial charge in [-0.1, -0.05) is 12.1 Å². The van der Waals surface area contributed by atoms with Gasteiger partial charge in [-0.2, -0.15) is 0 Å². The maximum Gasteiger partial charge on any atom is 0.265 e. The van der Waals surface area contributed by atoms with E-state index in [1.807, 2.05) is 0 Å². The third kappa shape index (κ3) is 4.00. The van der Waals surface area contributed by atoms with Crippen molar-refractivity contribution >= 4 is 25.7 Å². The number of rotatable bonds is 6. The van der Waals surface area contributed by atoms with Gasteiger partial charge >= 0.3 is 0 Å². The van der Waals surface area contributed by atoms with Crippen LogP contribution in [0.1, 0.15) is 11.1 Å². The Bertz CT molecular complexity index is 1030. The molecule has 0 aromatic heterocycles. The number of hydrogen-bond acceptors (Lipinski definition) is 5. The van der Waals surface area contributed by atoms with Crippen molar-refractivity contribution < 1.29 is 21.6 Å². The monoisotopic (exact) mass is 398 g/mol. The molecule has 1 N–H and O–H groups in total. The smallest absolute Gasteiger partial charge is 0.265 e. The van der Waals surface area contributed by atoms with Crippen LogP contribution in [0.4, 0.5) is 5.69 Å². The molecule has 0 heterocycles. The number of aryl methyl sites for hydroxylation is 2. The van der Waals surface area contributed by atoms with Gasteiger partial charge in [-0.25, -0.2) is 21.1 Å². The topological polar surface area (TPSA) is 92.8 Å². The molecule has 0 atom stereocenters. The lowest BCUT2D eigenvalue weighted by Crippen LogP contribution is -2.22. The Morgan fingerprint density at radius 3 is 2.19 bits per heavy atom. The summed E-state index contributed by atoms with van der Waals surface area (Å²) in [5, 5.41) is 0. The molecule has 0 bridgehead atoms. The van der Waals surface area contributed by atoms with Crippen LogP contribution >= 0.6 is 0 Å². The Hall–Kier alpha value is -2.10. The number of benzene rings is 2. The van der Waals surface area contributed by atoms with Gasteiger partial charge in [-0.3, -0.25) is 4.72 Å². The first kappa shape index (κ1) is 20.2. The average Bonchev–Trinajstić information content (AvgIpc) is 2.56. The highest BCUT2D eigenvalue weighted by Crippen LogP contribution is 2.29. The van der Waals surface area contributed by atoms with Gasteiger partial charge in [0.15, 0.2) is 0 Å². The number of nitrogens with one attached hydrogen (secondary N) is 1. The van der Waals surface area contributed by atoms with E-state index in [0.717, 1.165) is 9.87 Å². The van der Waals surface area contributed by atoms with Gasteiger partial charge in [-0.15, -0.1) is 0 Å². The van der Waals surface area contributed by atoms with Crippen LogP contribution in [0.3, 0.4) is 0 Å². The van der Waals surface area contributed by atoms with Crippen molar-refractivity contribution in [3.63, 3.8) is 0 Å². The number of methoxy groups -OCH3 is 1. The number of hydrogen-bond donors (Lipinski definition) is 1. The van der Waals surface area contributed by atoms with Gasteiger partial charge in [0.25, 0.3) is 10.0 Å². The van der Waals surface area contributed by atoms with Gasteiger partial charge in [0, 0.05) is 14.1 Å². The molecule has 2 rings (SSSR count). The van der Waals surface area contributed by atoms with Crippen molar-refractivity contribution in [3.8, 4) is 5.75 Å². The molecule has 9 heteroatoms. The first-order chi connectivity index (χ1) is 12.0. The maximum absolute atomic E-state index is 12.8. The number of sulfonamides is 2. The van der Waals surface area contributed by atoms with E-state index in [0.29, 0.717) is 5.56 Å². The lowest BCUT2D eigenvalue weighted by molar-refractivity contribution is 0.402. The molecule has 142 valence electrons. The Morgan fingerprint density at radius 1 is 0.962 bits per heavy atom. The SMILES string of the molecule is COc1ccc(C)cc1S(=O)(=O)Nc1cc(S(=O)(=O)N(C)C)ccc1C. The van der Waals surface area contributed by atoms with Gasteiger partial charge in [0.1, 0.15) is 10.6 Å². The number of anilines is 1. The second-order valence-corrected chi connectivity index (χ2v) is 9.83. The predicted molar refractivity (Wildman–Crippen MR) is 101 cm³/mol. The predicted octanol–water partition coefficient (Wildman–Crippen LogP) is 2.36. The molecule has 0 aliphatic heterocycles. The third-order valence-electron chi connectivity index (χ3n) is 3.84. The van der Waals surface area contributed by atoms with Crippen LogP contribution in [-0.4, -0.2) is 42.3 Å². The van der Waals surface area contributed by atoms with Crippen LogP contribution in [0.5, 0.6) is 5.75 Å². The molecule has 0 unspecified atom stereocenters. The highest BCUT2D eigenvalue weighted by molar-refractivity contribution is 7.92. The lowest BCUT2D eigenvalue weighted by atomic mass is 10.2. The molecular weight excluding hydrogens is 376 g/mol. The van der Waals surface area contributed by atoms with Crippen molar-refractivity contribution in [1.29, 1.82) is 0 Å². The van der Waals surface area contributed by atoms with Gasteiger partial charge < -0.3 is 4.74 Å². The van der Waals surface area contributed by atoms with Crippen LogP contribution in [0.15, 0.2) is 46.2 Å². The molecule has 0 fully saturated rings. The summed E-state index contributed by atoms with van der Waals surface area (Å²) in [6.07, 6.45) is 0. The minimum Gasteiger partial charge on any atom is -0.495 e. The molecule has 0 amide bonds. The first-order valence-corrected chi connectivity index (χ1v) is 10.6. The van der Waals surface area contributed by atoms with Gasteiger partial charge in [0.05, 0.1) is 17.7 Å². The zero-order valence-electron chi connectivity index (χ0n) is 15.3. The summed E-state index contributed by atoms with van der Waals surface area (Å²) in [4.78, 5) is -0.0118. The van der Waals surface area contributed by atoms with Gasteiger partial charge in [0.2, 0.25) is 10.0 Å². The summed E-state index contributed by atoms with van der Waals surface area (Å²) in [7, 11) is -3.43. The van der Waals surface area contributed by atoms with E-state index < -0.39 is 20.0 Å². The Labute approximate surface area is 154 Å².